The lowest BCUT2D eigenvalue weighted by atomic mass is 10.1. The number of fused-ring (bicyclic) bond motifs is 2. The molecule has 6 N–H and O–H groups in total. The fourth-order valence-electron chi connectivity index (χ4n) is 6.14. The molecule has 0 radical (unpaired) electrons. The first-order chi connectivity index (χ1) is 27.4. The lowest BCUT2D eigenvalue weighted by molar-refractivity contribution is 0.0534. The van der Waals surface area contributed by atoms with Gasteiger partial charge in [0, 0.05) is 24.2 Å². The van der Waals surface area contributed by atoms with Gasteiger partial charge in [0.05, 0.1) is 0 Å². The first-order valence-corrected chi connectivity index (χ1v) is 19.7. The number of carbonyl (C=O) groups excluding carboxylic acids is 2. The van der Waals surface area contributed by atoms with Gasteiger partial charge in [0.1, 0.15) is 53.6 Å². The molecule has 0 amide bonds. The minimum absolute atomic E-state index is 0.182. The van der Waals surface area contributed by atoms with Crippen LogP contribution in [0.2, 0.25) is 0 Å². The molecule has 0 saturated heterocycles. The number of rotatable bonds is 15. The van der Waals surface area contributed by atoms with E-state index >= 15 is 0 Å². The smallest absolute Gasteiger partial charge is 0.206 e. The molecule has 1 unspecified atom stereocenters. The summed E-state index contributed by atoms with van der Waals surface area (Å²) < 4.78 is 29.3. The van der Waals surface area contributed by atoms with E-state index in [1.165, 1.54) is 28.2 Å². The predicted octanol–water partition coefficient (Wildman–Crippen LogP) is 6.53. The fraction of sp³-hybridized carbons (Fsp3) is 0.220. The molecule has 56 heavy (non-hydrogen) atoms. The van der Waals surface area contributed by atoms with E-state index in [1.807, 2.05) is 42.5 Å². The third kappa shape index (κ3) is 8.48. The fourth-order valence-corrected chi connectivity index (χ4v) is 7.88. The number of ketones is 2. The first-order valence-electron chi connectivity index (χ1n) is 18.0. The Balaban J connectivity index is 0.799. The molecule has 2 aliphatic rings. The van der Waals surface area contributed by atoms with Gasteiger partial charge in [-0.1, -0.05) is 65.1 Å². The second-order valence-corrected chi connectivity index (χ2v) is 15.0. The zero-order chi connectivity index (χ0) is 38.4. The van der Waals surface area contributed by atoms with Crippen molar-refractivity contribution in [3.8, 4) is 28.7 Å². The van der Waals surface area contributed by atoms with Crippen molar-refractivity contribution in [3.05, 3.63) is 123 Å². The Morgan fingerprint density at radius 2 is 1.23 bits per heavy atom. The second-order valence-electron chi connectivity index (χ2n) is 13.0. The summed E-state index contributed by atoms with van der Waals surface area (Å²) in [6.07, 6.45) is 1.15. The molecule has 0 saturated carbocycles. The highest BCUT2D eigenvalue weighted by atomic mass is 32.1. The van der Waals surface area contributed by atoms with E-state index in [0.29, 0.717) is 99.2 Å². The number of nitrogen functional groups attached to an aromatic ring is 2. The SMILES string of the molecule is Nc1nc(NCCc2ccc(OCC3COc4ccc(C(=O)c5sc(NCCc6ccccc6)nc5N)cc4O3)cc2)sc1C(=O)c1ccc2c(c1)OCCO2. The molecule has 0 aliphatic carbocycles. The molecule has 286 valence electrons. The van der Waals surface area contributed by atoms with Crippen LogP contribution in [0.4, 0.5) is 21.9 Å². The highest BCUT2D eigenvalue weighted by molar-refractivity contribution is 7.18. The van der Waals surface area contributed by atoms with Crippen LogP contribution in [0.3, 0.4) is 0 Å². The molecule has 1 atom stereocenters. The minimum atomic E-state index is -0.386. The van der Waals surface area contributed by atoms with E-state index in [2.05, 4.69) is 32.7 Å². The second kappa shape index (κ2) is 16.6. The maximum atomic E-state index is 13.5. The summed E-state index contributed by atoms with van der Waals surface area (Å²) in [7, 11) is 0. The Kier molecular flexibility index (Phi) is 10.9. The van der Waals surface area contributed by atoms with Crippen LogP contribution in [0.15, 0.2) is 91.0 Å². The molecule has 13 nitrogen and oxygen atoms in total. The van der Waals surface area contributed by atoms with Crippen LogP contribution in [0.1, 0.15) is 41.6 Å². The molecule has 15 heteroatoms. The van der Waals surface area contributed by atoms with Gasteiger partial charge < -0.3 is 45.8 Å². The average molecular weight is 791 g/mol. The van der Waals surface area contributed by atoms with E-state index in [1.54, 1.807) is 36.4 Å². The highest BCUT2D eigenvalue weighted by Crippen LogP contribution is 2.36. The van der Waals surface area contributed by atoms with Crippen molar-refractivity contribution in [2.24, 2.45) is 0 Å². The van der Waals surface area contributed by atoms with E-state index in [9.17, 15) is 9.59 Å². The predicted molar refractivity (Wildman–Crippen MR) is 216 cm³/mol. The molecule has 8 rings (SSSR count). The summed E-state index contributed by atoms with van der Waals surface area (Å²) in [6.45, 7) is 2.72. The van der Waals surface area contributed by atoms with Crippen LogP contribution in [0, 0.1) is 0 Å². The van der Waals surface area contributed by atoms with Crippen molar-refractivity contribution in [1.29, 1.82) is 0 Å². The highest BCUT2D eigenvalue weighted by Gasteiger charge is 2.26. The van der Waals surface area contributed by atoms with Crippen molar-refractivity contribution in [3.63, 3.8) is 0 Å². The molecule has 2 aromatic heterocycles. The number of thiazole rings is 2. The summed E-state index contributed by atoms with van der Waals surface area (Å²) in [4.78, 5) is 36.1. The van der Waals surface area contributed by atoms with Crippen LogP contribution in [0.5, 0.6) is 28.7 Å². The van der Waals surface area contributed by atoms with E-state index < -0.39 is 0 Å². The van der Waals surface area contributed by atoms with Gasteiger partial charge in [-0.15, -0.1) is 0 Å². The maximum Gasteiger partial charge on any atom is 0.206 e. The molecular weight excluding hydrogens is 753 g/mol. The Morgan fingerprint density at radius 1 is 0.679 bits per heavy atom. The van der Waals surface area contributed by atoms with Crippen LogP contribution in [-0.4, -0.2) is 67.2 Å². The largest absolute Gasteiger partial charge is 0.490 e. The Hall–Kier alpha value is -6.32. The number of aromatic nitrogens is 2. The maximum absolute atomic E-state index is 13.5. The van der Waals surface area contributed by atoms with Gasteiger partial charge in [0.15, 0.2) is 39.4 Å². The van der Waals surface area contributed by atoms with Gasteiger partial charge in [0.2, 0.25) is 11.6 Å². The molecular formula is C41H38N6O7S2. The molecule has 0 fully saturated rings. The number of carbonyl (C=O) groups is 2. The van der Waals surface area contributed by atoms with Gasteiger partial charge >= 0.3 is 0 Å². The molecule has 6 aromatic rings. The Labute approximate surface area is 330 Å². The first kappa shape index (κ1) is 36.6. The Bertz CT molecular complexity index is 2350. The number of hydrogen-bond donors (Lipinski definition) is 4. The summed E-state index contributed by atoms with van der Waals surface area (Å²) in [5, 5.41) is 7.71. The lowest BCUT2D eigenvalue weighted by Gasteiger charge is -2.26. The number of anilines is 4. The normalized spacial score (nSPS) is 14.2. The molecule has 4 heterocycles. The average Bonchev–Trinajstić information content (AvgIpc) is 3.80. The van der Waals surface area contributed by atoms with Crippen molar-refractivity contribution in [2.45, 2.75) is 18.9 Å². The number of nitrogens with two attached hydrogens (primary N) is 2. The Morgan fingerprint density at radius 3 is 1.86 bits per heavy atom. The summed E-state index contributed by atoms with van der Waals surface area (Å²) in [6, 6.07) is 28.1. The monoisotopic (exact) mass is 790 g/mol. The van der Waals surface area contributed by atoms with Gasteiger partial charge in [-0.2, -0.15) is 0 Å². The van der Waals surface area contributed by atoms with Crippen LogP contribution in [0.25, 0.3) is 0 Å². The van der Waals surface area contributed by atoms with E-state index in [4.69, 9.17) is 35.2 Å². The van der Waals surface area contributed by atoms with Crippen LogP contribution >= 0.6 is 22.7 Å². The lowest BCUT2D eigenvalue weighted by Crippen LogP contribution is -2.34. The zero-order valence-corrected chi connectivity index (χ0v) is 31.8. The topological polar surface area (TPSA) is 182 Å². The third-order valence-electron chi connectivity index (χ3n) is 9.03. The minimum Gasteiger partial charge on any atom is -0.490 e. The number of hydrogen-bond acceptors (Lipinski definition) is 15. The number of nitrogens with zero attached hydrogens (tertiary/aromatic N) is 2. The molecule has 0 spiro atoms. The van der Waals surface area contributed by atoms with E-state index in [0.717, 1.165) is 12.0 Å². The molecule has 0 bridgehead atoms. The standard InChI is InChI=1S/C41H38N6O7S2/c42-38-36(34(48)26-8-12-30-32(20-26)51-19-18-50-30)55-41(46-38)45-17-15-25-6-10-28(11-7-25)52-22-29-23-53-31-13-9-27(21-33(31)54-29)35(49)37-39(43)47-40(56-37)44-16-14-24-4-2-1-3-5-24/h1-13,20-21,29H,14-19,22-23,42-43H2,(H,44,47)(H,45,46). The summed E-state index contributed by atoms with van der Waals surface area (Å²) in [5.41, 5.74) is 15.5. The number of benzene rings is 4. The number of nitrogens with one attached hydrogen (secondary N) is 2. The quantitative estimate of drug-likeness (QED) is 0.0826. The molecule has 4 aromatic carbocycles. The van der Waals surface area contributed by atoms with Gasteiger partial charge in [-0.05, 0) is 72.5 Å². The van der Waals surface area contributed by atoms with Crippen molar-refractivity contribution < 1.29 is 33.3 Å². The van der Waals surface area contributed by atoms with Gasteiger partial charge in [0.25, 0.3) is 0 Å². The summed E-state index contributed by atoms with van der Waals surface area (Å²) in [5.74, 6) is 2.78. The van der Waals surface area contributed by atoms with Crippen molar-refractivity contribution in [2.75, 3.05) is 61.6 Å². The van der Waals surface area contributed by atoms with Crippen LogP contribution < -0.4 is 45.8 Å². The summed E-state index contributed by atoms with van der Waals surface area (Å²) >= 11 is 2.45. The van der Waals surface area contributed by atoms with Gasteiger partial charge in [-0.25, -0.2) is 9.97 Å². The van der Waals surface area contributed by atoms with Crippen molar-refractivity contribution in [1.82, 2.24) is 9.97 Å². The molecule has 2 aliphatic heterocycles. The number of ether oxygens (including phenoxy) is 5. The third-order valence-corrected chi connectivity index (χ3v) is 11.1. The zero-order valence-electron chi connectivity index (χ0n) is 30.1. The van der Waals surface area contributed by atoms with E-state index in [-0.39, 0.29) is 35.9 Å². The van der Waals surface area contributed by atoms with Gasteiger partial charge in [-0.3, -0.25) is 9.59 Å². The van der Waals surface area contributed by atoms with Crippen LogP contribution in [-0.2, 0) is 12.8 Å². The van der Waals surface area contributed by atoms with Crippen molar-refractivity contribution >= 4 is 56.1 Å².